The Morgan fingerprint density at radius 2 is 1.84 bits per heavy atom. The maximum absolute atomic E-state index is 13.5. The van der Waals surface area contributed by atoms with Gasteiger partial charge in [-0.3, -0.25) is 19.2 Å². The number of sulfonamides is 1. The first-order chi connectivity index (χ1) is 15.0. The minimum Gasteiger partial charge on any atom is -0.332 e. The molecule has 0 saturated carbocycles. The van der Waals surface area contributed by atoms with Gasteiger partial charge in [-0.05, 0) is 24.6 Å². The molecular formula is C19H20F3N5O4S. The Hall–Kier alpha value is -2.93. The van der Waals surface area contributed by atoms with Crippen molar-refractivity contribution in [1.82, 2.24) is 19.0 Å². The largest absolute Gasteiger partial charge is 0.332 e. The summed E-state index contributed by atoms with van der Waals surface area (Å²) in [5, 5.41) is 4.26. The molecule has 0 radical (unpaired) electrons. The van der Waals surface area contributed by atoms with Crippen LogP contribution in [-0.4, -0.2) is 64.7 Å². The summed E-state index contributed by atoms with van der Waals surface area (Å²) < 4.78 is 66.5. The van der Waals surface area contributed by atoms with E-state index >= 15 is 0 Å². The van der Waals surface area contributed by atoms with Gasteiger partial charge in [0.15, 0.2) is 17.5 Å². The fourth-order valence-corrected chi connectivity index (χ4v) is 4.56. The van der Waals surface area contributed by atoms with E-state index in [1.165, 1.54) is 16.0 Å². The Bertz CT molecular complexity index is 1190. The first-order valence-corrected chi connectivity index (χ1v) is 11.5. The van der Waals surface area contributed by atoms with Crippen LogP contribution in [0.5, 0.6) is 0 Å². The quantitative estimate of drug-likeness (QED) is 0.616. The smallest absolute Gasteiger partial charge is 0.243 e. The molecule has 2 aromatic rings. The zero-order valence-corrected chi connectivity index (χ0v) is 18.1. The summed E-state index contributed by atoms with van der Waals surface area (Å²) in [7, 11) is -3.57. The van der Waals surface area contributed by atoms with Crippen molar-refractivity contribution < 1.29 is 31.2 Å². The molecule has 2 amide bonds. The highest BCUT2D eigenvalue weighted by Crippen LogP contribution is 2.30. The second-order valence-corrected chi connectivity index (χ2v) is 9.90. The van der Waals surface area contributed by atoms with E-state index < -0.39 is 39.3 Å². The number of rotatable bonds is 4. The van der Waals surface area contributed by atoms with Gasteiger partial charge < -0.3 is 4.90 Å². The number of hydrogen-bond acceptors (Lipinski definition) is 5. The van der Waals surface area contributed by atoms with Gasteiger partial charge in [-0.15, -0.1) is 0 Å². The Balaban J connectivity index is 1.56. The SMILES string of the molecule is C[C@H]1Cn2ncc(N3CN(S(C)(=O)=O)CC3=O)c2CN1C(=O)Cc1cc(F)c(F)c(F)c1. The van der Waals surface area contributed by atoms with Gasteiger partial charge in [0.05, 0.1) is 56.6 Å². The highest BCUT2D eigenvalue weighted by molar-refractivity contribution is 7.88. The molecule has 1 fully saturated rings. The highest BCUT2D eigenvalue weighted by Gasteiger charge is 2.38. The molecule has 1 saturated heterocycles. The fraction of sp³-hybridized carbons (Fsp3) is 0.421. The second-order valence-electron chi connectivity index (χ2n) is 7.92. The lowest BCUT2D eigenvalue weighted by molar-refractivity contribution is -0.134. The molecular weight excluding hydrogens is 451 g/mol. The van der Waals surface area contributed by atoms with Crippen molar-refractivity contribution in [3.63, 3.8) is 0 Å². The Kier molecular flexibility index (Phi) is 5.49. The Labute approximate surface area is 182 Å². The van der Waals surface area contributed by atoms with Gasteiger partial charge in [0, 0.05) is 6.04 Å². The molecule has 0 aliphatic carbocycles. The van der Waals surface area contributed by atoms with E-state index in [4.69, 9.17) is 0 Å². The van der Waals surface area contributed by atoms with Crippen LogP contribution in [0.15, 0.2) is 18.3 Å². The maximum Gasteiger partial charge on any atom is 0.243 e. The summed E-state index contributed by atoms with van der Waals surface area (Å²) in [6.45, 7) is 1.70. The van der Waals surface area contributed by atoms with Crippen LogP contribution in [0.25, 0.3) is 0 Å². The van der Waals surface area contributed by atoms with Crippen LogP contribution >= 0.6 is 0 Å². The third-order valence-corrected chi connectivity index (χ3v) is 6.79. The van der Waals surface area contributed by atoms with Crippen molar-refractivity contribution in [2.45, 2.75) is 32.5 Å². The summed E-state index contributed by atoms with van der Waals surface area (Å²) >= 11 is 0. The average molecular weight is 471 g/mol. The van der Waals surface area contributed by atoms with E-state index in [-0.39, 0.29) is 37.8 Å². The van der Waals surface area contributed by atoms with Gasteiger partial charge in [0.2, 0.25) is 21.8 Å². The van der Waals surface area contributed by atoms with E-state index in [2.05, 4.69) is 5.10 Å². The summed E-state index contributed by atoms with van der Waals surface area (Å²) in [6, 6.07) is 1.26. The number of hydrogen-bond donors (Lipinski definition) is 0. The summed E-state index contributed by atoms with van der Waals surface area (Å²) in [5.74, 6) is -5.20. The van der Waals surface area contributed by atoms with Crippen LogP contribution in [0.2, 0.25) is 0 Å². The molecule has 13 heteroatoms. The lowest BCUT2D eigenvalue weighted by Crippen LogP contribution is -2.46. The summed E-state index contributed by atoms with van der Waals surface area (Å²) in [4.78, 5) is 28.1. The summed E-state index contributed by atoms with van der Waals surface area (Å²) in [5.41, 5.74) is 0.928. The van der Waals surface area contributed by atoms with Crippen molar-refractivity contribution >= 4 is 27.5 Å². The minimum absolute atomic E-state index is 0.00332. The van der Waals surface area contributed by atoms with Crippen LogP contribution in [0.1, 0.15) is 18.2 Å². The first kappa shape index (κ1) is 22.3. The Morgan fingerprint density at radius 3 is 2.44 bits per heavy atom. The molecule has 0 spiro atoms. The van der Waals surface area contributed by atoms with Gasteiger partial charge in [0.25, 0.3) is 0 Å². The van der Waals surface area contributed by atoms with Gasteiger partial charge in [0.1, 0.15) is 0 Å². The Morgan fingerprint density at radius 1 is 1.19 bits per heavy atom. The van der Waals surface area contributed by atoms with Gasteiger partial charge in [-0.1, -0.05) is 0 Å². The number of benzene rings is 1. The van der Waals surface area contributed by atoms with E-state index in [1.807, 2.05) is 0 Å². The molecule has 1 atom stereocenters. The van der Waals surface area contributed by atoms with Crippen molar-refractivity contribution in [1.29, 1.82) is 0 Å². The number of anilines is 1. The number of nitrogens with zero attached hydrogens (tertiary/aromatic N) is 5. The van der Waals surface area contributed by atoms with Crippen LogP contribution in [0.3, 0.4) is 0 Å². The molecule has 2 aliphatic rings. The van der Waals surface area contributed by atoms with Crippen molar-refractivity contribution in [3.8, 4) is 0 Å². The number of halogens is 3. The molecule has 2 aliphatic heterocycles. The number of carbonyl (C=O) groups excluding carboxylic acids is 2. The van der Waals surface area contributed by atoms with Crippen molar-refractivity contribution in [2.75, 3.05) is 24.4 Å². The molecule has 0 unspecified atom stereocenters. The minimum atomic E-state index is -3.57. The third-order valence-electron chi connectivity index (χ3n) is 5.61. The predicted molar refractivity (Wildman–Crippen MR) is 106 cm³/mol. The first-order valence-electron chi connectivity index (χ1n) is 9.68. The maximum atomic E-state index is 13.5. The molecule has 1 aromatic carbocycles. The van der Waals surface area contributed by atoms with Crippen LogP contribution in [0.4, 0.5) is 18.9 Å². The molecule has 1 aromatic heterocycles. The number of fused-ring (bicyclic) bond motifs is 1. The molecule has 0 bridgehead atoms. The molecule has 32 heavy (non-hydrogen) atoms. The lowest BCUT2D eigenvalue weighted by Gasteiger charge is -2.35. The van der Waals surface area contributed by atoms with E-state index in [1.54, 1.807) is 11.6 Å². The molecule has 9 nitrogen and oxygen atoms in total. The van der Waals surface area contributed by atoms with Gasteiger partial charge in [-0.25, -0.2) is 21.6 Å². The van der Waals surface area contributed by atoms with Gasteiger partial charge in [-0.2, -0.15) is 9.40 Å². The molecule has 172 valence electrons. The average Bonchev–Trinajstić information content (AvgIpc) is 3.27. The summed E-state index contributed by atoms with van der Waals surface area (Å²) in [6.07, 6.45) is 2.12. The van der Waals surface area contributed by atoms with Crippen molar-refractivity contribution in [3.05, 3.63) is 47.0 Å². The van der Waals surface area contributed by atoms with Crippen LogP contribution in [-0.2, 0) is 39.1 Å². The molecule has 4 rings (SSSR count). The normalized spacial score (nSPS) is 19.5. The van der Waals surface area contributed by atoms with Crippen molar-refractivity contribution in [2.24, 2.45) is 0 Å². The van der Waals surface area contributed by atoms with E-state index in [9.17, 15) is 31.2 Å². The lowest BCUT2D eigenvalue weighted by atomic mass is 10.1. The van der Waals surface area contributed by atoms with E-state index in [0.29, 0.717) is 17.9 Å². The standard InChI is InChI=1S/C19H20F3N5O4S/c1-11-7-27-16(15(6-23-27)26-10-24(9-18(26)29)32(2,30)31)8-25(11)17(28)5-12-3-13(20)19(22)14(21)4-12/h3-4,6,11H,5,7-10H2,1-2H3/t11-/m0/s1. The third kappa shape index (κ3) is 3.97. The van der Waals surface area contributed by atoms with Crippen LogP contribution in [0, 0.1) is 17.5 Å². The van der Waals surface area contributed by atoms with Gasteiger partial charge >= 0.3 is 0 Å². The number of amides is 2. The molecule has 0 N–H and O–H groups in total. The highest BCUT2D eigenvalue weighted by atomic mass is 32.2. The number of carbonyl (C=O) groups is 2. The predicted octanol–water partition coefficient (Wildman–Crippen LogP) is 0.840. The molecule has 3 heterocycles. The zero-order valence-electron chi connectivity index (χ0n) is 17.3. The fourth-order valence-electron chi connectivity index (χ4n) is 3.89. The second kappa shape index (κ2) is 7.89. The topological polar surface area (TPSA) is 95.8 Å². The number of aromatic nitrogens is 2. The zero-order chi connectivity index (χ0) is 23.4. The van der Waals surface area contributed by atoms with Crippen LogP contribution < -0.4 is 4.90 Å². The monoisotopic (exact) mass is 471 g/mol. The van der Waals surface area contributed by atoms with E-state index in [0.717, 1.165) is 22.7 Å².